The van der Waals surface area contributed by atoms with E-state index in [1.807, 2.05) is 36.4 Å². The predicted octanol–water partition coefficient (Wildman–Crippen LogP) is 1.09. The fourth-order valence-electron chi connectivity index (χ4n) is 3.34. The molecule has 2 amide bonds. The van der Waals surface area contributed by atoms with Crippen molar-refractivity contribution in [2.45, 2.75) is 25.2 Å². The molecule has 3 N–H and O–H groups in total. The van der Waals surface area contributed by atoms with Gasteiger partial charge in [-0.2, -0.15) is 0 Å². The van der Waals surface area contributed by atoms with Crippen LogP contribution in [0.2, 0.25) is 0 Å². The van der Waals surface area contributed by atoms with Crippen molar-refractivity contribution in [3.05, 3.63) is 58.8 Å². The molecule has 3 rings (SSSR count). The van der Waals surface area contributed by atoms with E-state index in [9.17, 15) is 19.8 Å². The van der Waals surface area contributed by atoms with Crippen LogP contribution < -0.4 is 10.2 Å². The highest BCUT2D eigenvalue weighted by atomic mass is 79.9. The Bertz CT molecular complexity index is 857. The number of hydrogen-bond donors (Lipinski definition) is 3. The molecule has 2 heterocycles. The Morgan fingerprint density at radius 1 is 1.00 bits per heavy atom. The van der Waals surface area contributed by atoms with Gasteiger partial charge in [-0.3, -0.25) is 14.6 Å². The molecular weight excluding hydrogens is 452 g/mol. The summed E-state index contributed by atoms with van der Waals surface area (Å²) in [6, 6.07) is 10.8. The molecule has 30 heavy (non-hydrogen) atoms. The molecule has 0 bridgehead atoms. The fraction of sp³-hybridized carbons (Fsp3) is 0.381. The third-order valence-electron chi connectivity index (χ3n) is 5.17. The highest BCUT2D eigenvalue weighted by Crippen LogP contribution is 2.18. The van der Waals surface area contributed by atoms with Crippen LogP contribution in [0.4, 0.5) is 5.69 Å². The number of nitrogens with one attached hydrogen (secondary N) is 1. The zero-order valence-electron chi connectivity index (χ0n) is 16.6. The van der Waals surface area contributed by atoms with Crippen molar-refractivity contribution in [1.82, 2.24) is 15.2 Å². The number of carbonyl (C=O) groups excluding carboxylic acids is 2. The Labute approximate surface area is 183 Å². The molecular formula is C21H25BrN4O4. The Morgan fingerprint density at radius 3 is 2.20 bits per heavy atom. The number of pyridine rings is 1. The van der Waals surface area contributed by atoms with Gasteiger partial charge >= 0.3 is 0 Å². The quantitative estimate of drug-likeness (QED) is 0.576. The van der Waals surface area contributed by atoms with E-state index in [1.165, 1.54) is 4.90 Å². The second kappa shape index (κ2) is 10.0. The predicted molar refractivity (Wildman–Crippen MR) is 116 cm³/mol. The number of carbonyl (C=O) groups is 2. The first-order valence-electron chi connectivity index (χ1n) is 9.72. The monoisotopic (exact) mass is 476 g/mol. The van der Waals surface area contributed by atoms with E-state index in [0.29, 0.717) is 26.2 Å². The van der Waals surface area contributed by atoms with Gasteiger partial charge < -0.3 is 25.3 Å². The minimum Gasteiger partial charge on any atom is -0.380 e. The van der Waals surface area contributed by atoms with Crippen molar-refractivity contribution in [3.63, 3.8) is 0 Å². The summed E-state index contributed by atoms with van der Waals surface area (Å²) in [6.45, 7) is 3.72. The van der Waals surface area contributed by atoms with Gasteiger partial charge in [0.05, 0.1) is 6.04 Å². The zero-order chi connectivity index (χ0) is 21.7. The highest BCUT2D eigenvalue weighted by Gasteiger charge is 2.35. The second-order valence-electron chi connectivity index (χ2n) is 7.19. The molecule has 2 aromatic rings. The minimum absolute atomic E-state index is 0.383. The zero-order valence-corrected chi connectivity index (χ0v) is 18.2. The van der Waals surface area contributed by atoms with E-state index in [-0.39, 0.29) is 6.04 Å². The van der Waals surface area contributed by atoms with Crippen molar-refractivity contribution in [2.24, 2.45) is 0 Å². The molecule has 1 saturated heterocycles. The van der Waals surface area contributed by atoms with Crippen molar-refractivity contribution in [1.29, 1.82) is 0 Å². The number of hydrogen-bond acceptors (Lipinski definition) is 6. The van der Waals surface area contributed by atoms with Gasteiger partial charge in [0.15, 0.2) is 12.2 Å². The summed E-state index contributed by atoms with van der Waals surface area (Å²) in [5.74, 6) is -1.44. The molecule has 3 atom stereocenters. The summed E-state index contributed by atoms with van der Waals surface area (Å²) in [6.07, 6.45) is -0.231. The van der Waals surface area contributed by atoms with E-state index >= 15 is 0 Å². The van der Waals surface area contributed by atoms with Gasteiger partial charge in [0, 0.05) is 48.7 Å². The number of benzene rings is 1. The Kier molecular flexibility index (Phi) is 7.41. The Hall–Kier alpha value is -2.49. The molecule has 160 valence electrons. The van der Waals surface area contributed by atoms with E-state index in [2.05, 4.69) is 31.1 Å². The highest BCUT2D eigenvalue weighted by molar-refractivity contribution is 9.10. The Morgan fingerprint density at radius 2 is 1.60 bits per heavy atom. The van der Waals surface area contributed by atoms with Gasteiger partial charge in [-0.1, -0.05) is 28.1 Å². The molecule has 1 fully saturated rings. The van der Waals surface area contributed by atoms with Crippen molar-refractivity contribution in [3.8, 4) is 0 Å². The summed E-state index contributed by atoms with van der Waals surface area (Å²) >= 11 is 3.35. The lowest BCUT2D eigenvalue weighted by Gasteiger charge is -2.37. The topological polar surface area (TPSA) is 106 Å². The van der Waals surface area contributed by atoms with E-state index < -0.39 is 24.0 Å². The van der Waals surface area contributed by atoms with Gasteiger partial charge in [0.25, 0.3) is 11.8 Å². The number of aliphatic hydroxyl groups is 2. The third-order valence-corrected chi connectivity index (χ3v) is 5.70. The lowest BCUT2D eigenvalue weighted by atomic mass is 10.1. The SMILES string of the molecule is CC(NC(=O)[C@H](O)[C@@H](O)C(=O)N1CCN(c2ccncc2)CC1)c1ccc(Br)cc1. The summed E-state index contributed by atoms with van der Waals surface area (Å²) in [4.78, 5) is 32.5. The van der Waals surface area contributed by atoms with Crippen LogP contribution in [-0.2, 0) is 9.59 Å². The summed E-state index contributed by atoms with van der Waals surface area (Å²) in [5.41, 5.74) is 1.85. The molecule has 1 unspecified atom stereocenters. The standard InChI is InChI=1S/C21H25BrN4O4/c1-14(15-2-4-16(22)5-3-15)24-20(29)18(27)19(28)21(30)26-12-10-25(11-13-26)17-6-8-23-9-7-17/h2-9,14,18-19,27-28H,10-13H2,1H3,(H,24,29)/t14?,18-,19-/m1/s1. The van der Waals surface area contributed by atoms with E-state index in [1.54, 1.807) is 19.3 Å². The van der Waals surface area contributed by atoms with Crippen molar-refractivity contribution < 1.29 is 19.8 Å². The fourth-order valence-corrected chi connectivity index (χ4v) is 3.60. The average molecular weight is 477 g/mol. The number of amides is 2. The van der Waals surface area contributed by atoms with Crippen LogP contribution in [0.1, 0.15) is 18.5 Å². The maximum absolute atomic E-state index is 12.6. The first-order valence-corrected chi connectivity index (χ1v) is 10.5. The molecule has 1 aliphatic rings. The van der Waals surface area contributed by atoms with Gasteiger partial charge in [-0.15, -0.1) is 0 Å². The molecule has 0 saturated carbocycles. The lowest BCUT2D eigenvalue weighted by molar-refractivity contribution is -0.153. The molecule has 1 aromatic carbocycles. The summed E-state index contributed by atoms with van der Waals surface area (Å²) in [5, 5.41) is 23.1. The molecule has 0 radical (unpaired) electrons. The van der Waals surface area contributed by atoms with Gasteiger partial charge in [-0.05, 0) is 36.8 Å². The molecule has 1 aromatic heterocycles. The number of piperazine rings is 1. The summed E-state index contributed by atoms with van der Waals surface area (Å²) < 4.78 is 0.912. The normalized spacial score (nSPS) is 17.2. The largest absolute Gasteiger partial charge is 0.380 e. The molecule has 0 aliphatic carbocycles. The molecule has 0 spiro atoms. The lowest BCUT2D eigenvalue weighted by Crippen LogP contribution is -2.55. The first-order chi connectivity index (χ1) is 14.4. The molecule has 1 aliphatic heterocycles. The van der Waals surface area contributed by atoms with Crippen molar-refractivity contribution in [2.75, 3.05) is 31.1 Å². The van der Waals surface area contributed by atoms with Gasteiger partial charge in [-0.25, -0.2) is 0 Å². The minimum atomic E-state index is -1.84. The number of aliphatic hydroxyl groups excluding tert-OH is 2. The molecule has 9 heteroatoms. The smallest absolute Gasteiger partial charge is 0.254 e. The molecule has 8 nitrogen and oxygen atoms in total. The van der Waals surface area contributed by atoms with Crippen LogP contribution in [-0.4, -0.2) is 70.3 Å². The van der Waals surface area contributed by atoms with E-state index in [0.717, 1.165) is 15.7 Å². The second-order valence-corrected chi connectivity index (χ2v) is 8.10. The van der Waals surface area contributed by atoms with Crippen LogP contribution >= 0.6 is 15.9 Å². The number of nitrogens with zero attached hydrogens (tertiary/aromatic N) is 3. The van der Waals surface area contributed by atoms with E-state index in [4.69, 9.17) is 0 Å². The van der Waals surface area contributed by atoms with Crippen LogP contribution in [0.25, 0.3) is 0 Å². The van der Waals surface area contributed by atoms with Gasteiger partial charge in [0.2, 0.25) is 0 Å². The van der Waals surface area contributed by atoms with Crippen LogP contribution in [0, 0.1) is 0 Å². The average Bonchev–Trinajstić information content (AvgIpc) is 2.78. The maximum Gasteiger partial charge on any atom is 0.254 e. The number of halogens is 1. The number of aromatic nitrogens is 1. The van der Waals surface area contributed by atoms with Gasteiger partial charge in [0.1, 0.15) is 0 Å². The van der Waals surface area contributed by atoms with Crippen molar-refractivity contribution >= 4 is 33.4 Å². The number of anilines is 1. The van der Waals surface area contributed by atoms with Crippen LogP contribution in [0.5, 0.6) is 0 Å². The third kappa shape index (κ3) is 5.35. The number of rotatable bonds is 6. The maximum atomic E-state index is 12.6. The summed E-state index contributed by atoms with van der Waals surface area (Å²) in [7, 11) is 0. The van der Waals surface area contributed by atoms with Crippen LogP contribution in [0.3, 0.4) is 0 Å². The van der Waals surface area contributed by atoms with Crippen LogP contribution in [0.15, 0.2) is 53.3 Å². The Balaban J connectivity index is 1.52. The first kappa shape index (κ1) is 22.2.